The normalized spacial score (nSPS) is 14.9. The van der Waals surface area contributed by atoms with Crippen molar-refractivity contribution in [2.24, 2.45) is 0 Å². The number of hydrogen-bond acceptors (Lipinski definition) is 5. The number of halogens is 1. The zero-order valence-electron chi connectivity index (χ0n) is 17.5. The average Bonchev–Trinajstić information content (AvgIpc) is 3.21. The Hall–Kier alpha value is -2.26. The van der Waals surface area contributed by atoms with Crippen molar-refractivity contribution in [3.05, 3.63) is 75.2 Å². The van der Waals surface area contributed by atoms with E-state index in [0.29, 0.717) is 35.9 Å². The molecule has 0 bridgehead atoms. The van der Waals surface area contributed by atoms with E-state index in [4.69, 9.17) is 11.6 Å². The van der Waals surface area contributed by atoms with Gasteiger partial charge in [0.05, 0.1) is 22.0 Å². The van der Waals surface area contributed by atoms with Crippen molar-refractivity contribution in [1.82, 2.24) is 9.29 Å². The molecule has 3 aromatic rings. The van der Waals surface area contributed by atoms with Crippen molar-refractivity contribution in [3.8, 4) is 0 Å². The zero-order chi connectivity index (χ0) is 22.6. The fourth-order valence-corrected chi connectivity index (χ4v) is 6.30. The van der Waals surface area contributed by atoms with E-state index in [0.717, 1.165) is 29.8 Å². The quantitative estimate of drug-likeness (QED) is 0.519. The van der Waals surface area contributed by atoms with E-state index in [1.165, 1.54) is 21.7 Å². The number of aromatic nitrogens is 1. The standard InChI is InChI=1S/C23H24ClN3O3S2/c24-18-7-4-6-17(12-18)13-23-26-20(16-31-23)15-22(28)25-19-8-5-9-21(14-19)32(29,30)27-10-2-1-3-11-27/h4-9,12,14,16H,1-3,10-11,13,15H2,(H,25,28). The van der Waals surface area contributed by atoms with Crippen molar-refractivity contribution in [2.45, 2.75) is 37.0 Å². The van der Waals surface area contributed by atoms with Crippen LogP contribution < -0.4 is 5.32 Å². The number of thiazole rings is 1. The molecule has 0 aliphatic carbocycles. The highest BCUT2D eigenvalue weighted by Gasteiger charge is 2.26. The minimum Gasteiger partial charge on any atom is -0.326 e. The van der Waals surface area contributed by atoms with E-state index in [1.54, 1.807) is 18.2 Å². The largest absolute Gasteiger partial charge is 0.326 e. The van der Waals surface area contributed by atoms with Gasteiger partial charge < -0.3 is 5.32 Å². The van der Waals surface area contributed by atoms with Gasteiger partial charge in [-0.1, -0.05) is 36.2 Å². The molecular weight excluding hydrogens is 466 g/mol. The number of rotatable bonds is 7. The first kappa shape index (κ1) is 22.9. The van der Waals surface area contributed by atoms with Crippen LogP contribution in [0.3, 0.4) is 0 Å². The number of nitrogens with one attached hydrogen (secondary N) is 1. The summed E-state index contributed by atoms with van der Waals surface area (Å²) in [6.45, 7) is 1.08. The number of hydrogen-bond donors (Lipinski definition) is 1. The van der Waals surface area contributed by atoms with Gasteiger partial charge >= 0.3 is 0 Å². The lowest BCUT2D eigenvalue weighted by atomic mass is 10.2. The van der Waals surface area contributed by atoms with Crippen LogP contribution in [0.4, 0.5) is 5.69 Å². The smallest absolute Gasteiger partial charge is 0.243 e. The third-order valence-corrected chi connectivity index (χ3v) is 8.28. The van der Waals surface area contributed by atoms with E-state index in [9.17, 15) is 13.2 Å². The summed E-state index contributed by atoms with van der Waals surface area (Å²) >= 11 is 7.54. The molecule has 0 atom stereocenters. The van der Waals surface area contributed by atoms with Gasteiger partial charge in [-0.15, -0.1) is 11.3 Å². The van der Waals surface area contributed by atoms with Gasteiger partial charge in [0.2, 0.25) is 15.9 Å². The van der Waals surface area contributed by atoms with E-state index < -0.39 is 10.0 Å². The van der Waals surface area contributed by atoms with Gasteiger partial charge in [0.15, 0.2) is 0 Å². The van der Waals surface area contributed by atoms with Gasteiger partial charge in [0.1, 0.15) is 0 Å². The SMILES string of the molecule is O=C(Cc1csc(Cc2cccc(Cl)c2)n1)Nc1cccc(S(=O)(=O)N2CCCCC2)c1. The topological polar surface area (TPSA) is 79.4 Å². The predicted molar refractivity (Wildman–Crippen MR) is 128 cm³/mol. The highest BCUT2D eigenvalue weighted by molar-refractivity contribution is 7.89. The summed E-state index contributed by atoms with van der Waals surface area (Å²) in [7, 11) is -3.55. The minimum absolute atomic E-state index is 0.120. The van der Waals surface area contributed by atoms with Crippen LogP contribution in [-0.4, -0.2) is 36.7 Å². The van der Waals surface area contributed by atoms with E-state index in [2.05, 4.69) is 10.3 Å². The maximum atomic E-state index is 12.9. The number of piperidine rings is 1. The Labute approximate surface area is 197 Å². The van der Waals surface area contributed by atoms with Crippen molar-refractivity contribution in [2.75, 3.05) is 18.4 Å². The summed E-state index contributed by atoms with van der Waals surface area (Å²) in [5.74, 6) is -0.239. The van der Waals surface area contributed by atoms with Gasteiger partial charge in [0.25, 0.3) is 0 Å². The molecule has 0 radical (unpaired) electrons. The lowest BCUT2D eigenvalue weighted by Gasteiger charge is -2.26. The van der Waals surface area contributed by atoms with Gasteiger partial charge in [-0.2, -0.15) is 4.31 Å². The summed E-state index contributed by atoms with van der Waals surface area (Å²) in [5, 5.41) is 6.26. The molecule has 32 heavy (non-hydrogen) atoms. The van der Waals surface area contributed by atoms with Gasteiger partial charge in [0, 0.05) is 35.6 Å². The summed E-state index contributed by atoms with van der Waals surface area (Å²) in [4.78, 5) is 17.3. The molecule has 4 rings (SSSR count). The molecule has 0 unspecified atom stereocenters. The monoisotopic (exact) mass is 489 g/mol. The van der Waals surface area contributed by atoms with Crippen LogP contribution in [0.15, 0.2) is 58.8 Å². The van der Waals surface area contributed by atoms with Crippen molar-refractivity contribution < 1.29 is 13.2 Å². The van der Waals surface area contributed by atoms with Crippen molar-refractivity contribution in [1.29, 1.82) is 0 Å². The van der Waals surface area contributed by atoms with Crippen molar-refractivity contribution >= 4 is 44.6 Å². The molecule has 2 heterocycles. The van der Waals surface area contributed by atoms with Crippen LogP contribution in [0.2, 0.25) is 5.02 Å². The van der Waals surface area contributed by atoms with Crippen LogP contribution in [-0.2, 0) is 27.7 Å². The molecule has 6 nitrogen and oxygen atoms in total. The lowest BCUT2D eigenvalue weighted by molar-refractivity contribution is -0.115. The summed E-state index contributed by atoms with van der Waals surface area (Å²) in [6, 6.07) is 14.1. The molecule has 1 aromatic heterocycles. The van der Waals surface area contributed by atoms with Gasteiger partial charge in [-0.3, -0.25) is 4.79 Å². The fourth-order valence-electron chi connectivity index (χ4n) is 3.69. The highest BCUT2D eigenvalue weighted by Crippen LogP contribution is 2.23. The molecule has 1 saturated heterocycles. The number of carbonyl (C=O) groups excluding carboxylic acids is 1. The second kappa shape index (κ2) is 10.1. The van der Waals surface area contributed by atoms with Crippen LogP contribution >= 0.6 is 22.9 Å². The molecule has 1 amide bonds. The molecule has 9 heteroatoms. The first-order chi connectivity index (χ1) is 15.4. The molecule has 1 fully saturated rings. The predicted octanol–water partition coefficient (Wildman–Crippen LogP) is 4.74. The number of anilines is 1. The summed E-state index contributed by atoms with van der Waals surface area (Å²) < 4.78 is 27.3. The minimum atomic E-state index is -3.55. The first-order valence-corrected chi connectivity index (χ1v) is 13.2. The fraction of sp³-hybridized carbons (Fsp3) is 0.304. The van der Waals surface area contributed by atoms with Crippen LogP contribution in [0.25, 0.3) is 0 Å². The number of sulfonamides is 1. The molecule has 1 aliphatic rings. The van der Waals surface area contributed by atoms with Gasteiger partial charge in [-0.25, -0.2) is 13.4 Å². The Morgan fingerprint density at radius 1 is 1.09 bits per heavy atom. The molecule has 0 saturated carbocycles. The van der Waals surface area contributed by atoms with E-state index in [-0.39, 0.29) is 17.2 Å². The maximum Gasteiger partial charge on any atom is 0.243 e. The Morgan fingerprint density at radius 3 is 2.66 bits per heavy atom. The van der Waals surface area contributed by atoms with E-state index >= 15 is 0 Å². The zero-order valence-corrected chi connectivity index (χ0v) is 19.8. The molecular formula is C23H24ClN3O3S2. The summed E-state index contributed by atoms with van der Waals surface area (Å²) in [6.07, 6.45) is 3.59. The Balaban J connectivity index is 1.38. The number of benzene rings is 2. The third-order valence-electron chi connectivity index (χ3n) is 5.26. The Morgan fingerprint density at radius 2 is 1.88 bits per heavy atom. The number of carbonyl (C=O) groups is 1. The van der Waals surface area contributed by atoms with Crippen LogP contribution in [0.5, 0.6) is 0 Å². The summed E-state index contributed by atoms with van der Waals surface area (Å²) in [5.41, 5.74) is 2.21. The number of nitrogens with zero attached hydrogens (tertiary/aromatic N) is 2. The Kier molecular flexibility index (Phi) is 7.25. The molecule has 1 aliphatic heterocycles. The second-order valence-corrected chi connectivity index (χ2v) is 11.1. The maximum absolute atomic E-state index is 12.9. The average molecular weight is 490 g/mol. The first-order valence-electron chi connectivity index (χ1n) is 10.5. The third kappa shape index (κ3) is 5.75. The van der Waals surface area contributed by atoms with Crippen LogP contribution in [0, 0.1) is 0 Å². The number of amides is 1. The Bertz CT molecular complexity index is 1200. The highest BCUT2D eigenvalue weighted by atomic mass is 35.5. The van der Waals surface area contributed by atoms with Crippen molar-refractivity contribution in [3.63, 3.8) is 0 Å². The molecule has 2 aromatic carbocycles. The lowest BCUT2D eigenvalue weighted by Crippen LogP contribution is -2.35. The van der Waals surface area contributed by atoms with Gasteiger partial charge in [-0.05, 0) is 48.7 Å². The molecule has 0 spiro atoms. The molecule has 1 N–H and O–H groups in total. The van der Waals surface area contributed by atoms with E-state index in [1.807, 2.05) is 29.6 Å². The van der Waals surface area contributed by atoms with Crippen LogP contribution in [0.1, 0.15) is 35.5 Å². The second-order valence-electron chi connectivity index (χ2n) is 7.76. The molecule has 168 valence electrons.